The number of aryl methyl sites for hydroxylation is 1. The predicted molar refractivity (Wildman–Crippen MR) is 110 cm³/mol. The second-order valence-corrected chi connectivity index (χ2v) is 9.25. The Morgan fingerprint density at radius 3 is 2.46 bits per heavy atom. The fourth-order valence-corrected chi connectivity index (χ4v) is 5.31. The summed E-state index contributed by atoms with van der Waals surface area (Å²) >= 11 is 0. The van der Waals surface area contributed by atoms with Gasteiger partial charge in [-0.25, -0.2) is 0 Å². The lowest BCUT2D eigenvalue weighted by atomic mass is 9.79. The van der Waals surface area contributed by atoms with Gasteiger partial charge < -0.3 is 9.80 Å². The van der Waals surface area contributed by atoms with E-state index in [2.05, 4.69) is 36.6 Å². The third-order valence-electron chi connectivity index (χ3n) is 7.14. The molecular weight excluding hydrogens is 350 g/mol. The summed E-state index contributed by atoms with van der Waals surface area (Å²) in [5.74, 6) is 0.710. The van der Waals surface area contributed by atoms with Gasteiger partial charge in [-0.2, -0.15) is 0 Å². The van der Waals surface area contributed by atoms with E-state index in [1.165, 1.54) is 0 Å². The van der Waals surface area contributed by atoms with Gasteiger partial charge >= 0.3 is 0 Å². The lowest BCUT2D eigenvalue weighted by Gasteiger charge is -2.33. The quantitative estimate of drug-likeness (QED) is 0.802. The van der Waals surface area contributed by atoms with Gasteiger partial charge in [-0.15, -0.1) is 0 Å². The van der Waals surface area contributed by atoms with E-state index < -0.39 is 5.41 Å². The highest BCUT2D eigenvalue weighted by Gasteiger charge is 2.59. The SMILES string of the molecule is Cc1ccccc1CC(=O)N1C[C@@H]2CN(C(C)C)C[C@]2(C(=O)N2CCCC2)C1. The molecule has 0 aliphatic carbocycles. The van der Waals surface area contributed by atoms with E-state index in [0.29, 0.717) is 31.5 Å². The van der Waals surface area contributed by atoms with Crippen LogP contribution in [0.2, 0.25) is 0 Å². The van der Waals surface area contributed by atoms with Crippen molar-refractivity contribution in [2.45, 2.75) is 46.1 Å². The summed E-state index contributed by atoms with van der Waals surface area (Å²) in [6, 6.07) is 8.53. The smallest absolute Gasteiger partial charge is 0.232 e. The molecule has 0 spiro atoms. The second-order valence-electron chi connectivity index (χ2n) is 9.25. The van der Waals surface area contributed by atoms with Crippen molar-refractivity contribution in [3.63, 3.8) is 0 Å². The average molecular weight is 384 g/mol. The molecule has 1 aromatic carbocycles. The summed E-state index contributed by atoms with van der Waals surface area (Å²) in [6.45, 7) is 11.2. The Kier molecular flexibility index (Phi) is 5.21. The minimum atomic E-state index is -0.407. The molecule has 2 atom stereocenters. The number of hydrogen-bond donors (Lipinski definition) is 0. The number of hydrogen-bond acceptors (Lipinski definition) is 3. The maximum absolute atomic E-state index is 13.6. The van der Waals surface area contributed by atoms with Crippen LogP contribution in [0, 0.1) is 18.3 Å². The Morgan fingerprint density at radius 2 is 1.79 bits per heavy atom. The van der Waals surface area contributed by atoms with E-state index in [1.54, 1.807) is 0 Å². The minimum absolute atomic E-state index is 0.161. The predicted octanol–water partition coefficient (Wildman–Crippen LogP) is 2.33. The van der Waals surface area contributed by atoms with Crippen molar-refractivity contribution in [3.05, 3.63) is 35.4 Å². The van der Waals surface area contributed by atoms with E-state index in [0.717, 1.165) is 50.1 Å². The number of carbonyl (C=O) groups excluding carboxylic acids is 2. The zero-order valence-electron chi connectivity index (χ0n) is 17.5. The van der Waals surface area contributed by atoms with E-state index in [4.69, 9.17) is 0 Å². The Bertz CT molecular complexity index is 756. The molecule has 5 nitrogen and oxygen atoms in total. The molecule has 0 bridgehead atoms. The van der Waals surface area contributed by atoms with Crippen LogP contribution in [-0.4, -0.2) is 71.8 Å². The van der Waals surface area contributed by atoms with Gasteiger partial charge in [-0.1, -0.05) is 24.3 Å². The molecule has 5 heteroatoms. The number of carbonyl (C=O) groups is 2. The molecule has 28 heavy (non-hydrogen) atoms. The van der Waals surface area contributed by atoms with Gasteiger partial charge in [0.15, 0.2) is 0 Å². The maximum atomic E-state index is 13.6. The molecule has 3 heterocycles. The molecule has 0 saturated carbocycles. The van der Waals surface area contributed by atoms with E-state index in [9.17, 15) is 9.59 Å². The first kappa shape index (κ1) is 19.4. The topological polar surface area (TPSA) is 43.9 Å². The minimum Gasteiger partial charge on any atom is -0.342 e. The number of likely N-dealkylation sites (tertiary alicyclic amines) is 3. The summed E-state index contributed by atoms with van der Waals surface area (Å²) in [6.07, 6.45) is 2.65. The van der Waals surface area contributed by atoms with Crippen LogP contribution in [0.4, 0.5) is 0 Å². The summed E-state index contributed by atoms with van der Waals surface area (Å²) in [5.41, 5.74) is 1.84. The zero-order valence-corrected chi connectivity index (χ0v) is 17.5. The Hall–Kier alpha value is -1.88. The Labute approximate surface area is 168 Å². The molecule has 0 unspecified atom stereocenters. The van der Waals surface area contributed by atoms with Crippen LogP contribution >= 0.6 is 0 Å². The Morgan fingerprint density at radius 1 is 1.07 bits per heavy atom. The first-order valence-electron chi connectivity index (χ1n) is 10.8. The molecule has 152 valence electrons. The lowest BCUT2D eigenvalue weighted by molar-refractivity contribution is -0.141. The average Bonchev–Trinajstić information content (AvgIpc) is 3.37. The maximum Gasteiger partial charge on any atom is 0.232 e. The van der Waals surface area contributed by atoms with Gasteiger partial charge in [-0.05, 0) is 44.7 Å². The molecule has 0 aromatic heterocycles. The molecule has 4 rings (SSSR count). The number of rotatable bonds is 4. The van der Waals surface area contributed by atoms with Gasteiger partial charge in [0, 0.05) is 51.2 Å². The first-order valence-corrected chi connectivity index (χ1v) is 10.8. The van der Waals surface area contributed by atoms with E-state index >= 15 is 0 Å². The third kappa shape index (κ3) is 3.34. The second kappa shape index (κ2) is 7.51. The van der Waals surface area contributed by atoms with E-state index in [-0.39, 0.29) is 11.8 Å². The summed E-state index contributed by atoms with van der Waals surface area (Å²) < 4.78 is 0. The number of fused-ring (bicyclic) bond motifs is 1. The van der Waals surface area contributed by atoms with Crippen LogP contribution in [0.1, 0.15) is 37.8 Å². The van der Waals surface area contributed by atoms with Gasteiger partial charge in [0.2, 0.25) is 11.8 Å². The van der Waals surface area contributed by atoms with Crippen LogP contribution < -0.4 is 0 Å². The third-order valence-corrected chi connectivity index (χ3v) is 7.14. The van der Waals surface area contributed by atoms with Crippen molar-refractivity contribution in [1.29, 1.82) is 0 Å². The molecule has 2 amide bonds. The van der Waals surface area contributed by atoms with Gasteiger partial charge in [0.05, 0.1) is 11.8 Å². The molecule has 3 aliphatic rings. The van der Waals surface area contributed by atoms with Gasteiger partial charge in [0.1, 0.15) is 0 Å². The van der Waals surface area contributed by atoms with Crippen LogP contribution in [0.25, 0.3) is 0 Å². The zero-order chi connectivity index (χ0) is 19.9. The number of nitrogens with zero attached hydrogens (tertiary/aromatic N) is 3. The highest BCUT2D eigenvalue weighted by molar-refractivity contribution is 5.87. The Balaban J connectivity index is 1.53. The normalized spacial score (nSPS) is 27.6. The van der Waals surface area contributed by atoms with Crippen LogP contribution in [0.3, 0.4) is 0 Å². The number of amides is 2. The summed E-state index contributed by atoms with van der Waals surface area (Å²) in [7, 11) is 0. The highest BCUT2D eigenvalue weighted by atomic mass is 16.2. The molecule has 3 saturated heterocycles. The van der Waals surface area contributed by atoms with Gasteiger partial charge in [0.25, 0.3) is 0 Å². The van der Waals surface area contributed by atoms with Crippen LogP contribution in [0.5, 0.6) is 0 Å². The molecule has 0 N–H and O–H groups in total. The standard InChI is InChI=1S/C23H33N3O2/c1-17(2)25-13-20-14-26(21(27)12-19-9-5-4-8-18(19)3)16-23(20,15-25)22(28)24-10-6-7-11-24/h4-5,8-9,17,20H,6-7,10-16H2,1-3H3/t20-,23-/m0/s1. The molecule has 3 fully saturated rings. The summed E-state index contributed by atoms with van der Waals surface area (Å²) in [4.78, 5) is 33.1. The molecule has 3 aliphatic heterocycles. The van der Waals surface area contributed by atoms with Crippen molar-refractivity contribution < 1.29 is 9.59 Å². The molecule has 0 radical (unpaired) electrons. The number of benzene rings is 1. The fourth-order valence-electron chi connectivity index (χ4n) is 5.31. The lowest BCUT2D eigenvalue weighted by Crippen LogP contribution is -2.49. The van der Waals surface area contributed by atoms with Crippen molar-refractivity contribution in [3.8, 4) is 0 Å². The van der Waals surface area contributed by atoms with Crippen molar-refractivity contribution in [1.82, 2.24) is 14.7 Å². The van der Waals surface area contributed by atoms with Crippen molar-refractivity contribution in [2.24, 2.45) is 11.3 Å². The largest absolute Gasteiger partial charge is 0.342 e. The van der Waals surface area contributed by atoms with E-state index in [1.807, 2.05) is 23.1 Å². The summed E-state index contributed by atoms with van der Waals surface area (Å²) in [5, 5.41) is 0. The monoisotopic (exact) mass is 383 g/mol. The van der Waals surface area contributed by atoms with Crippen molar-refractivity contribution in [2.75, 3.05) is 39.3 Å². The highest BCUT2D eigenvalue weighted by Crippen LogP contribution is 2.45. The molecule has 1 aromatic rings. The fraction of sp³-hybridized carbons (Fsp3) is 0.652. The van der Waals surface area contributed by atoms with Crippen molar-refractivity contribution >= 4 is 11.8 Å². The van der Waals surface area contributed by atoms with Crippen LogP contribution in [-0.2, 0) is 16.0 Å². The first-order chi connectivity index (χ1) is 13.4. The molecular formula is C23H33N3O2. The van der Waals surface area contributed by atoms with Gasteiger partial charge in [-0.3, -0.25) is 14.5 Å². The van der Waals surface area contributed by atoms with Crippen LogP contribution in [0.15, 0.2) is 24.3 Å².